The van der Waals surface area contributed by atoms with E-state index in [1.807, 2.05) is 33.1 Å². The molecule has 0 bridgehead atoms. The second-order valence-corrected chi connectivity index (χ2v) is 5.04. The molecule has 0 fully saturated rings. The number of thiazole rings is 1. The molecule has 5 heteroatoms. The number of rotatable bonds is 5. The SMILES string of the molecule is Cc1csc(C(C)NC(=O)CNC(C)C)n1. The lowest BCUT2D eigenvalue weighted by molar-refractivity contribution is -0.121. The topological polar surface area (TPSA) is 54.0 Å². The van der Waals surface area contributed by atoms with Gasteiger partial charge in [0.15, 0.2) is 0 Å². The minimum Gasteiger partial charge on any atom is -0.346 e. The first-order valence-electron chi connectivity index (χ1n) is 5.44. The van der Waals surface area contributed by atoms with Crippen molar-refractivity contribution in [1.29, 1.82) is 0 Å². The molecule has 0 spiro atoms. The van der Waals surface area contributed by atoms with E-state index in [4.69, 9.17) is 0 Å². The molecule has 0 saturated carbocycles. The number of amides is 1. The Labute approximate surface area is 100 Å². The molecule has 0 aliphatic carbocycles. The Morgan fingerprint density at radius 1 is 1.50 bits per heavy atom. The smallest absolute Gasteiger partial charge is 0.234 e. The summed E-state index contributed by atoms with van der Waals surface area (Å²) in [5.74, 6) is 0.00838. The standard InChI is InChI=1S/C11H19N3OS/c1-7(2)12-5-10(15)14-9(4)11-13-8(3)6-16-11/h6-7,9,12H,5H2,1-4H3,(H,14,15). The van der Waals surface area contributed by atoms with E-state index in [9.17, 15) is 4.79 Å². The van der Waals surface area contributed by atoms with E-state index in [1.54, 1.807) is 11.3 Å². The van der Waals surface area contributed by atoms with Crippen molar-refractivity contribution < 1.29 is 4.79 Å². The fraction of sp³-hybridized carbons (Fsp3) is 0.636. The molecule has 0 radical (unpaired) electrons. The highest BCUT2D eigenvalue weighted by Gasteiger charge is 2.12. The summed E-state index contributed by atoms with van der Waals surface area (Å²) in [4.78, 5) is 15.9. The Hall–Kier alpha value is -0.940. The maximum absolute atomic E-state index is 11.5. The van der Waals surface area contributed by atoms with Crippen molar-refractivity contribution in [2.24, 2.45) is 0 Å². The molecule has 16 heavy (non-hydrogen) atoms. The van der Waals surface area contributed by atoms with Crippen molar-refractivity contribution in [3.05, 3.63) is 16.1 Å². The van der Waals surface area contributed by atoms with Gasteiger partial charge in [0.2, 0.25) is 5.91 Å². The predicted molar refractivity (Wildman–Crippen MR) is 66.5 cm³/mol. The van der Waals surface area contributed by atoms with Crippen molar-refractivity contribution in [3.63, 3.8) is 0 Å². The van der Waals surface area contributed by atoms with Crippen LogP contribution >= 0.6 is 11.3 Å². The summed E-state index contributed by atoms with van der Waals surface area (Å²) in [5, 5.41) is 8.93. The summed E-state index contributed by atoms with van der Waals surface area (Å²) in [7, 11) is 0. The Bertz CT molecular complexity index is 349. The van der Waals surface area contributed by atoms with Crippen LogP contribution in [0.3, 0.4) is 0 Å². The Kier molecular flexibility index (Phi) is 4.89. The van der Waals surface area contributed by atoms with Gasteiger partial charge in [0.05, 0.1) is 12.6 Å². The largest absolute Gasteiger partial charge is 0.346 e. The van der Waals surface area contributed by atoms with Crippen molar-refractivity contribution in [1.82, 2.24) is 15.6 Å². The zero-order valence-corrected chi connectivity index (χ0v) is 11.0. The lowest BCUT2D eigenvalue weighted by atomic mass is 10.3. The molecule has 1 rings (SSSR count). The molecule has 1 aromatic heterocycles. The van der Waals surface area contributed by atoms with Crippen molar-refractivity contribution in [2.75, 3.05) is 6.54 Å². The Morgan fingerprint density at radius 2 is 2.19 bits per heavy atom. The van der Waals surface area contributed by atoms with Crippen LogP contribution in [0.25, 0.3) is 0 Å². The maximum Gasteiger partial charge on any atom is 0.234 e. The van der Waals surface area contributed by atoms with E-state index in [-0.39, 0.29) is 11.9 Å². The van der Waals surface area contributed by atoms with Gasteiger partial charge in [-0.15, -0.1) is 11.3 Å². The summed E-state index contributed by atoms with van der Waals surface area (Å²) in [6, 6.07) is 0.309. The Morgan fingerprint density at radius 3 is 2.69 bits per heavy atom. The molecule has 1 amide bonds. The van der Waals surface area contributed by atoms with Crippen LogP contribution in [0.1, 0.15) is 37.5 Å². The number of nitrogens with zero attached hydrogens (tertiary/aromatic N) is 1. The quantitative estimate of drug-likeness (QED) is 0.824. The van der Waals surface area contributed by atoms with E-state index < -0.39 is 0 Å². The minimum absolute atomic E-state index is 0.00838. The molecule has 4 nitrogen and oxygen atoms in total. The van der Waals surface area contributed by atoms with E-state index >= 15 is 0 Å². The number of nitrogens with one attached hydrogen (secondary N) is 2. The lowest BCUT2D eigenvalue weighted by Crippen LogP contribution is -2.37. The van der Waals surface area contributed by atoms with E-state index in [0.717, 1.165) is 10.7 Å². The average molecular weight is 241 g/mol. The fourth-order valence-electron chi connectivity index (χ4n) is 1.22. The monoisotopic (exact) mass is 241 g/mol. The summed E-state index contributed by atoms with van der Waals surface area (Å²) in [6.45, 7) is 8.29. The van der Waals surface area contributed by atoms with Gasteiger partial charge < -0.3 is 10.6 Å². The summed E-state index contributed by atoms with van der Waals surface area (Å²) >= 11 is 1.58. The van der Waals surface area contributed by atoms with Gasteiger partial charge in [-0.2, -0.15) is 0 Å². The number of carbonyl (C=O) groups excluding carboxylic acids is 1. The first-order valence-corrected chi connectivity index (χ1v) is 6.31. The molecule has 1 atom stereocenters. The van der Waals surface area contributed by atoms with Crippen LogP contribution in [0.2, 0.25) is 0 Å². The van der Waals surface area contributed by atoms with Gasteiger partial charge in [0.1, 0.15) is 5.01 Å². The second-order valence-electron chi connectivity index (χ2n) is 4.15. The number of hydrogen-bond acceptors (Lipinski definition) is 4. The summed E-state index contributed by atoms with van der Waals surface area (Å²) in [6.07, 6.45) is 0. The van der Waals surface area contributed by atoms with Gasteiger partial charge >= 0.3 is 0 Å². The molecule has 1 aromatic rings. The molecule has 90 valence electrons. The fourth-order valence-corrected chi connectivity index (χ4v) is 2.03. The first-order chi connectivity index (χ1) is 7.49. The van der Waals surface area contributed by atoms with Crippen LogP contribution in [0.15, 0.2) is 5.38 Å². The highest BCUT2D eigenvalue weighted by Crippen LogP contribution is 2.16. The summed E-state index contributed by atoms with van der Waals surface area (Å²) < 4.78 is 0. The normalized spacial score (nSPS) is 12.8. The molecule has 2 N–H and O–H groups in total. The molecule has 0 aliphatic heterocycles. The zero-order valence-electron chi connectivity index (χ0n) is 10.2. The van der Waals surface area contributed by atoms with Crippen LogP contribution in [0.4, 0.5) is 0 Å². The van der Waals surface area contributed by atoms with E-state index in [1.165, 1.54) is 0 Å². The number of hydrogen-bond donors (Lipinski definition) is 2. The van der Waals surface area contributed by atoms with Gasteiger partial charge in [0.25, 0.3) is 0 Å². The zero-order chi connectivity index (χ0) is 12.1. The van der Waals surface area contributed by atoms with Crippen molar-refractivity contribution >= 4 is 17.2 Å². The summed E-state index contributed by atoms with van der Waals surface area (Å²) in [5.41, 5.74) is 1.00. The third-order valence-corrected chi connectivity index (χ3v) is 3.20. The third kappa shape index (κ3) is 4.28. The van der Waals surface area contributed by atoms with E-state index in [0.29, 0.717) is 12.6 Å². The Balaban J connectivity index is 2.39. The molecule has 0 aromatic carbocycles. The molecule has 0 saturated heterocycles. The van der Waals surface area contributed by atoms with Gasteiger partial charge in [-0.1, -0.05) is 13.8 Å². The van der Waals surface area contributed by atoms with Gasteiger partial charge in [0, 0.05) is 17.1 Å². The molecule has 0 aliphatic rings. The molecule has 1 unspecified atom stereocenters. The second kappa shape index (κ2) is 5.96. The third-order valence-electron chi connectivity index (χ3n) is 2.06. The number of aryl methyl sites for hydroxylation is 1. The van der Waals surface area contributed by atoms with Gasteiger partial charge in [-0.3, -0.25) is 4.79 Å². The molecule has 1 heterocycles. The van der Waals surface area contributed by atoms with Crippen molar-refractivity contribution in [2.45, 2.75) is 39.8 Å². The average Bonchev–Trinajstić information content (AvgIpc) is 2.62. The number of carbonyl (C=O) groups is 1. The molecular weight excluding hydrogens is 222 g/mol. The van der Waals surface area contributed by atoms with Crippen LogP contribution in [0, 0.1) is 6.92 Å². The van der Waals surface area contributed by atoms with E-state index in [2.05, 4.69) is 15.6 Å². The van der Waals surface area contributed by atoms with Crippen LogP contribution in [-0.2, 0) is 4.79 Å². The lowest BCUT2D eigenvalue weighted by Gasteiger charge is -2.12. The predicted octanol–water partition coefficient (Wildman–Crippen LogP) is 1.63. The highest BCUT2D eigenvalue weighted by molar-refractivity contribution is 7.09. The van der Waals surface area contributed by atoms with Crippen LogP contribution < -0.4 is 10.6 Å². The van der Waals surface area contributed by atoms with Gasteiger partial charge in [-0.05, 0) is 13.8 Å². The van der Waals surface area contributed by atoms with Crippen LogP contribution in [0.5, 0.6) is 0 Å². The van der Waals surface area contributed by atoms with Crippen LogP contribution in [-0.4, -0.2) is 23.5 Å². The minimum atomic E-state index is -0.0137. The van der Waals surface area contributed by atoms with Crippen molar-refractivity contribution in [3.8, 4) is 0 Å². The highest BCUT2D eigenvalue weighted by atomic mass is 32.1. The molecular formula is C11H19N3OS. The maximum atomic E-state index is 11.5. The van der Waals surface area contributed by atoms with Gasteiger partial charge in [-0.25, -0.2) is 4.98 Å². The number of aromatic nitrogens is 1. The first kappa shape index (κ1) is 13.1.